The van der Waals surface area contributed by atoms with Crippen molar-refractivity contribution in [2.24, 2.45) is 10.7 Å². The molecule has 6 nitrogen and oxygen atoms in total. The number of rotatable bonds is 4. The quantitative estimate of drug-likeness (QED) is 0.716. The van der Waals surface area contributed by atoms with Crippen LogP contribution in [0, 0.1) is 0 Å². The van der Waals surface area contributed by atoms with E-state index in [1.807, 2.05) is 0 Å². The van der Waals surface area contributed by atoms with Gasteiger partial charge in [-0.3, -0.25) is 5.73 Å². The van der Waals surface area contributed by atoms with Gasteiger partial charge in [0, 0.05) is 11.1 Å². The van der Waals surface area contributed by atoms with Crippen LogP contribution in [0.4, 0.5) is 0 Å². The summed E-state index contributed by atoms with van der Waals surface area (Å²) >= 11 is 12.9. The standard InChI is InChI=1S/C17H18Cl2N4O2S/c1-10(2)26(24,25)13-5-3-11(4-6-13)16-14(18)7-12(8-15(16)19)17(20)21-9-22-23-17/h3-10,23H,20H2,1-2H3,(H,21,22). The fourth-order valence-electron chi connectivity index (χ4n) is 2.61. The topological polar surface area (TPSA) is 96.6 Å². The molecular formula is C17H18Cl2N4O2S. The van der Waals surface area contributed by atoms with Crippen LogP contribution < -0.4 is 16.6 Å². The molecule has 9 heteroatoms. The molecule has 0 aromatic heterocycles. The minimum atomic E-state index is -3.34. The maximum absolute atomic E-state index is 12.2. The van der Waals surface area contributed by atoms with E-state index in [0.717, 1.165) is 0 Å². The van der Waals surface area contributed by atoms with Crippen molar-refractivity contribution in [3.63, 3.8) is 0 Å². The molecule has 0 bridgehead atoms. The first-order valence-corrected chi connectivity index (χ1v) is 10.1. The number of sulfone groups is 1. The van der Waals surface area contributed by atoms with Crippen LogP contribution >= 0.6 is 23.2 Å². The highest BCUT2D eigenvalue weighted by Crippen LogP contribution is 2.38. The summed E-state index contributed by atoms with van der Waals surface area (Å²) < 4.78 is 24.5. The van der Waals surface area contributed by atoms with Gasteiger partial charge in [-0.2, -0.15) is 5.43 Å². The minimum absolute atomic E-state index is 0.261. The summed E-state index contributed by atoms with van der Waals surface area (Å²) in [6.07, 6.45) is 1.45. The highest BCUT2D eigenvalue weighted by molar-refractivity contribution is 7.92. The third-order valence-corrected chi connectivity index (χ3v) is 6.94. The van der Waals surface area contributed by atoms with E-state index in [0.29, 0.717) is 26.7 Å². The van der Waals surface area contributed by atoms with E-state index < -0.39 is 20.9 Å². The van der Waals surface area contributed by atoms with Gasteiger partial charge >= 0.3 is 0 Å². The Labute approximate surface area is 162 Å². The predicted molar refractivity (Wildman–Crippen MR) is 105 cm³/mol. The van der Waals surface area contributed by atoms with Gasteiger partial charge in [0.25, 0.3) is 0 Å². The van der Waals surface area contributed by atoms with Gasteiger partial charge in [0.1, 0.15) is 6.34 Å². The lowest BCUT2D eigenvalue weighted by molar-refractivity contribution is 0.375. The monoisotopic (exact) mass is 412 g/mol. The average Bonchev–Trinajstić information content (AvgIpc) is 3.02. The zero-order chi connectivity index (χ0) is 19.1. The third-order valence-electron chi connectivity index (χ3n) is 4.17. The SMILES string of the molecule is CC(C)S(=O)(=O)c1ccc(-c2c(Cl)cc(C3(N)N=CNN3)cc2Cl)cc1. The molecule has 0 saturated carbocycles. The fraction of sp³-hybridized carbons (Fsp3) is 0.235. The van der Waals surface area contributed by atoms with Gasteiger partial charge < -0.3 is 5.43 Å². The van der Waals surface area contributed by atoms with Crippen molar-refractivity contribution >= 4 is 39.4 Å². The molecule has 3 rings (SSSR count). The largest absolute Gasteiger partial charge is 0.309 e. The lowest BCUT2D eigenvalue weighted by atomic mass is 10.0. The molecule has 0 amide bonds. The molecule has 1 aliphatic rings. The molecule has 0 saturated heterocycles. The Kier molecular flexibility index (Phi) is 5.02. The number of hydrogen-bond donors (Lipinski definition) is 3. The molecule has 0 aliphatic carbocycles. The van der Waals surface area contributed by atoms with Crippen LogP contribution in [-0.4, -0.2) is 20.0 Å². The maximum Gasteiger partial charge on any atom is 0.206 e. The Bertz CT molecular complexity index is 952. The Morgan fingerprint density at radius 1 is 1.12 bits per heavy atom. The first-order valence-electron chi connectivity index (χ1n) is 7.84. The van der Waals surface area contributed by atoms with Gasteiger partial charge in [-0.25, -0.2) is 13.4 Å². The van der Waals surface area contributed by atoms with Gasteiger partial charge in [0.05, 0.1) is 20.2 Å². The zero-order valence-electron chi connectivity index (χ0n) is 14.1. The van der Waals surface area contributed by atoms with Gasteiger partial charge in [-0.1, -0.05) is 35.3 Å². The van der Waals surface area contributed by atoms with Crippen molar-refractivity contribution in [2.75, 3.05) is 0 Å². The highest BCUT2D eigenvalue weighted by atomic mass is 35.5. The Balaban J connectivity index is 2.01. The summed E-state index contributed by atoms with van der Waals surface area (Å²) in [6.45, 7) is 3.29. The van der Waals surface area contributed by atoms with Crippen LogP contribution in [0.15, 0.2) is 46.3 Å². The summed E-state index contributed by atoms with van der Waals surface area (Å²) in [5, 5.41) is 0.287. The van der Waals surface area contributed by atoms with Crippen LogP contribution in [0.2, 0.25) is 10.0 Å². The van der Waals surface area contributed by atoms with Crippen LogP contribution in [0.3, 0.4) is 0 Å². The lowest BCUT2D eigenvalue weighted by Gasteiger charge is -2.22. The van der Waals surface area contributed by atoms with Crippen molar-refractivity contribution in [3.8, 4) is 11.1 Å². The number of benzene rings is 2. The van der Waals surface area contributed by atoms with Crippen LogP contribution in [0.1, 0.15) is 19.4 Å². The second-order valence-electron chi connectivity index (χ2n) is 6.23. The average molecular weight is 413 g/mol. The number of hydrogen-bond acceptors (Lipinski definition) is 6. The van der Waals surface area contributed by atoms with Crippen LogP contribution in [-0.2, 0) is 15.6 Å². The molecule has 1 heterocycles. The second kappa shape index (κ2) is 6.83. The smallest absolute Gasteiger partial charge is 0.206 e. The molecule has 2 aromatic rings. The zero-order valence-corrected chi connectivity index (χ0v) is 16.5. The molecule has 2 aromatic carbocycles. The van der Waals surface area contributed by atoms with Crippen molar-refractivity contribution in [1.82, 2.24) is 10.9 Å². The first kappa shape index (κ1) is 19.1. The molecule has 0 radical (unpaired) electrons. The van der Waals surface area contributed by atoms with Gasteiger partial charge in [-0.15, -0.1) is 0 Å². The summed E-state index contributed by atoms with van der Waals surface area (Å²) in [7, 11) is -3.34. The molecule has 0 spiro atoms. The lowest BCUT2D eigenvalue weighted by Crippen LogP contribution is -2.49. The van der Waals surface area contributed by atoms with Gasteiger partial charge in [0.2, 0.25) is 5.79 Å². The van der Waals surface area contributed by atoms with Gasteiger partial charge in [-0.05, 0) is 43.7 Å². The van der Waals surface area contributed by atoms with E-state index in [2.05, 4.69) is 15.8 Å². The molecule has 26 heavy (non-hydrogen) atoms. The van der Waals surface area contributed by atoms with E-state index in [-0.39, 0.29) is 4.90 Å². The normalized spacial score (nSPS) is 19.8. The fourth-order valence-corrected chi connectivity index (χ4v) is 4.37. The number of halogens is 2. The molecule has 138 valence electrons. The molecular weight excluding hydrogens is 395 g/mol. The van der Waals surface area contributed by atoms with E-state index in [1.165, 1.54) is 6.34 Å². The summed E-state index contributed by atoms with van der Waals surface area (Å²) in [5.41, 5.74) is 13.6. The number of nitrogens with one attached hydrogen (secondary N) is 2. The summed E-state index contributed by atoms with van der Waals surface area (Å²) in [5.74, 6) is -1.15. The predicted octanol–water partition coefficient (Wildman–Crippen LogP) is 3.05. The van der Waals surface area contributed by atoms with Crippen LogP contribution in [0.25, 0.3) is 11.1 Å². The first-order chi connectivity index (χ1) is 12.1. The second-order valence-corrected chi connectivity index (χ2v) is 9.55. The molecule has 1 aliphatic heterocycles. The molecule has 4 N–H and O–H groups in total. The summed E-state index contributed by atoms with van der Waals surface area (Å²) in [4.78, 5) is 4.38. The van der Waals surface area contributed by atoms with Crippen molar-refractivity contribution in [2.45, 2.75) is 29.8 Å². The number of nitrogens with two attached hydrogens (primary N) is 1. The van der Waals surface area contributed by atoms with Crippen molar-refractivity contribution in [1.29, 1.82) is 0 Å². The van der Waals surface area contributed by atoms with Crippen molar-refractivity contribution in [3.05, 3.63) is 52.0 Å². The Morgan fingerprint density at radius 3 is 2.15 bits per heavy atom. The number of aliphatic imine (C=N–C) groups is 1. The molecule has 1 unspecified atom stereocenters. The van der Waals surface area contributed by atoms with E-state index in [4.69, 9.17) is 28.9 Å². The van der Waals surface area contributed by atoms with Crippen LogP contribution in [0.5, 0.6) is 0 Å². The maximum atomic E-state index is 12.2. The molecule has 1 atom stereocenters. The van der Waals surface area contributed by atoms with E-state index in [1.54, 1.807) is 50.2 Å². The minimum Gasteiger partial charge on any atom is -0.309 e. The Hall–Kier alpha value is -1.64. The van der Waals surface area contributed by atoms with E-state index in [9.17, 15) is 8.42 Å². The number of nitrogens with zero attached hydrogens (tertiary/aromatic N) is 1. The highest BCUT2D eigenvalue weighted by Gasteiger charge is 2.30. The van der Waals surface area contributed by atoms with Crippen molar-refractivity contribution < 1.29 is 8.42 Å². The van der Waals surface area contributed by atoms with E-state index >= 15 is 0 Å². The Morgan fingerprint density at radius 2 is 1.69 bits per heavy atom. The third kappa shape index (κ3) is 3.33. The summed E-state index contributed by atoms with van der Waals surface area (Å²) in [6, 6.07) is 9.85. The number of hydrazine groups is 1. The molecule has 0 fully saturated rings. The van der Waals surface area contributed by atoms with Gasteiger partial charge in [0.15, 0.2) is 9.84 Å².